The number of thiazole rings is 1. The van der Waals surface area contributed by atoms with Crippen LogP contribution in [-0.2, 0) is 6.54 Å². The molecule has 0 bridgehead atoms. The van der Waals surface area contributed by atoms with E-state index in [1.54, 1.807) is 17.5 Å². The molecule has 0 radical (unpaired) electrons. The number of nitrogens with one attached hydrogen (secondary N) is 2. The Morgan fingerprint density at radius 3 is 3.00 bits per heavy atom. The van der Waals surface area contributed by atoms with Crippen molar-refractivity contribution in [3.05, 3.63) is 59.0 Å². The number of anilines is 2. The largest absolute Gasteiger partial charge is 0.348 e. The smallest absolute Gasteiger partial charge is 0.251 e. The number of imidazole rings is 1. The van der Waals surface area contributed by atoms with Gasteiger partial charge in [0.2, 0.25) is 0 Å². The highest BCUT2D eigenvalue weighted by Gasteiger charge is 2.20. The minimum atomic E-state index is -0.0178. The molecule has 8 heteroatoms. The van der Waals surface area contributed by atoms with Crippen LogP contribution in [0, 0.1) is 6.92 Å². The lowest BCUT2D eigenvalue weighted by molar-refractivity contribution is 0.0966. The molecule has 1 aliphatic heterocycles. The summed E-state index contributed by atoms with van der Waals surface area (Å²) >= 11 is 1.57. The molecule has 0 atom stereocenters. The fourth-order valence-electron chi connectivity index (χ4n) is 3.13. The second-order valence-electron chi connectivity index (χ2n) is 6.07. The van der Waals surface area contributed by atoms with Gasteiger partial charge >= 0.3 is 0 Å². The topological polar surface area (TPSA) is 84.2 Å². The van der Waals surface area contributed by atoms with Crippen LogP contribution >= 0.6 is 11.3 Å². The van der Waals surface area contributed by atoms with E-state index in [0.717, 1.165) is 38.0 Å². The molecule has 128 valence electrons. The predicted molar refractivity (Wildman–Crippen MR) is 99.7 cm³/mol. The standard InChI is InChI=1S/C18H14N6OS/c1-10-7-22-18(26-10)23-15-16-19-4-5-24(16)14(9-20-15)11-2-3-13-12(6-11)8-21-17(13)25/h2-7,9H,8H2,1H3,(H,21,25)(H,20,22,23). The SMILES string of the molecule is Cc1cnc(Nc2ncc(-c3ccc4c(c3)CNC4=O)n3ccnc23)s1. The van der Waals surface area contributed by atoms with E-state index in [-0.39, 0.29) is 5.91 Å². The first-order valence-corrected chi connectivity index (χ1v) is 8.94. The highest BCUT2D eigenvalue weighted by atomic mass is 32.1. The average Bonchev–Trinajstić information content (AvgIpc) is 3.36. The number of fused-ring (bicyclic) bond motifs is 2. The van der Waals surface area contributed by atoms with Gasteiger partial charge in [-0.25, -0.2) is 15.0 Å². The third kappa shape index (κ3) is 2.34. The molecule has 7 nitrogen and oxygen atoms in total. The third-order valence-corrected chi connectivity index (χ3v) is 5.19. The van der Waals surface area contributed by atoms with Gasteiger partial charge in [-0.3, -0.25) is 9.20 Å². The summed E-state index contributed by atoms with van der Waals surface area (Å²) < 4.78 is 1.99. The van der Waals surface area contributed by atoms with Crippen molar-refractivity contribution in [1.82, 2.24) is 24.7 Å². The van der Waals surface area contributed by atoms with E-state index in [2.05, 4.69) is 25.6 Å². The molecular weight excluding hydrogens is 348 g/mol. The maximum Gasteiger partial charge on any atom is 0.251 e. The summed E-state index contributed by atoms with van der Waals surface area (Å²) in [6.45, 7) is 2.57. The van der Waals surface area contributed by atoms with Crippen LogP contribution in [0.1, 0.15) is 20.8 Å². The Hall–Kier alpha value is -3.26. The highest BCUT2D eigenvalue weighted by Crippen LogP contribution is 2.28. The van der Waals surface area contributed by atoms with E-state index in [9.17, 15) is 4.79 Å². The molecule has 4 aromatic rings. The Balaban J connectivity index is 1.59. The van der Waals surface area contributed by atoms with Gasteiger partial charge in [0.05, 0.1) is 11.9 Å². The zero-order valence-corrected chi connectivity index (χ0v) is 14.7. The molecule has 4 heterocycles. The van der Waals surface area contributed by atoms with Gasteiger partial charge in [-0.15, -0.1) is 11.3 Å². The van der Waals surface area contributed by atoms with Crippen molar-refractivity contribution >= 4 is 33.8 Å². The zero-order valence-electron chi connectivity index (χ0n) is 13.9. The first kappa shape index (κ1) is 15.0. The minimum Gasteiger partial charge on any atom is -0.348 e. The fraction of sp³-hybridized carbons (Fsp3) is 0.111. The van der Waals surface area contributed by atoms with Crippen LogP contribution in [-0.4, -0.2) is 25.3 Å². The summed E-state index contributed by atoms with van der Waals surface area (Å²) in [6, 6.07) is 5.83. The second-order valence-corrected chi connectivity index (χ2v) is 7.30. The van der Waals surface area contributed by atoms with Gasteiger partial charge in [-0.05, 0) is 24.6 Å². The summed E-state index contributed by atoms with van der Waals surface area (Å²) in [5, 5.41) is 6.87. The van der Waals surface area contributed by atoms with E-state index in [1.165, 1.54) is 0 Å². The molecular formula is C18H14N6OS. The lowest BCUT2D eigenvalue weighted by Gasteiger charge is -2.10. The number of rotatable bonds is 3. The van der Waals surface area contributed by atoms with Crippen molar-refractivity contribution in [1.29, 1.82) is 0 Å². The van der Waals surface area contributed by atoms with Crippen molar-refractivity contribution in [2.75, 3.05) is 5.32 Å². The van der Waals surface area contributed by atoms with Gasteiger partial charge in [0.1, 0.15) is 0 Å². The van der Waals surface area contributed by atoms with Gasteiger partial charge in [0.15, 0.2) is 16.6 Å². The third-order valence-electron chi connectivity index (χ3n) is 4.36. The summed E-state index contributed by atoms with van der Waals surface area (Å²) in [5.41, 5.74) is 4.38. The number of hydrogen-bond donors (Lipinski definition) is 2. The van der Waals surface area contributed by atoms with Gasteiger partial charge in [-0.2, -0.15) is 0 Å². The van der Waals surface area contributed by atoms with E-state index in [1.807, 2.05) is 48.1 Å². The molecule has 1 amide bonds. The van der Waals surface area contributed by atoms with Crippen LogP contribution in [0.3, 0.4) is 0 Å². The van der Waals surface area contributed by atoms with Crippen LogP contribution in [0.2, 0.25) is 0 Å². The number of aryl methyl sites for hydroxylation is 1. The number of carbonyl (C=O) groups is 1. The number of carbonyl (C=O) groups excluding carboxylic acids is 1. The molecule has 26 heavy (non-hydrogen) atoms. The molecule has 0 fully saturated rings. The molecule has 0 saturated heterocycles. The summed E-state index contributed by atoms with van der Waals surface area (Å²) in [6.07, 6.45) is 7.28. The van der Waals surface area contributed by atoms with Crippen LogP contribution in [0.25, 0.3) is 16.9 Å². The molecule has 0 aliphatic carbocycles. The Morgan fingerprint density at radius 2 is 2.15 bits per heavy atom. The average molecular weight is 362 g/mol. The van der Waals surface area contributed by atoms with E-state index < -0.39 is 0 Å². The van der Waals surface area contributed by atoms with Gasteiger partial charge < -0.3 is 10.6 Å². The van der Waals surface area contributed by atoms with E-state index in [0.29, 0.717) is 12.4 Å². The fourth-order valence-corrected chi connectivity index (χ4v) is 3.79. The number of amides is 1. The van der Waals surface area contributed by atoms with Crippen molar-refractivity contribution in [3.8, 4) is 11.3 Å². The van der Waals surface area contributed by atoms with Crippen LogP contribution in [0.15, 0.2) is 43.0 Å². The number of aromatic nitrogens is 4. The normalized spacial score (nSPS) is 13.0. The number of nitrogens with zero attached hydrogens (tertiary/aromatic N) is 4. The van der Waals surface area contributed by atoms with Crippen LogP contribution < -0.4 is 10.6 Å². The van der Waals surface area contributed by atoms with Crippen LogP contribution in [0.5, 0.6) is 0 Å². The van der Waals surface area contributed by atoms with Crippen molar-refractivity contribution in [2.45, 2.75) is 13.5 Å². The Bertz CT molecular complexity index is 1160. The second kappa shape index (κ2) is 5.63. The van der Waals surface area contributed by atoms with Gasteiger partial charge in [0.25, 0.3) is 5.91 Å². The van der Waals surface area contributed by atoms with Crippen LogP contribution in [0.4, 0.5) is 10.9 Å². The summed E-state index contributed by atoms with van der Waals surface area (Å²) in [5.74, 6) is 0.641. The maximum atomic E-state index is 11.8. The van der Waals surface area contributed by atoms with Crippen molar-refractivity contribution in [2.24, 2.45) is 0 Å². The Morgan fingerprint density at radius 1 is 1.23 bits per heavy atom. The van der Waals surface area contributed by atoms with Gasteiger partial charge in [-0.1, -0.05) is 6.07 Å². The zero-order chi connectivity index (χ0) is 17.7. The molecule has 0 spiro atoms. The number of hydrogen-bond acceptors (Lipinski definition) is 6. The predicted octanol–water partition coefficient (Wildman–Crippen LogP) is 3.15. The van der Waals surface area contributed by atoms with E-state index >= 15 is 0 Å². The number of benzene rings is 1. The quantitative estimate of drug-likeness (QED) is 0.585. The molecule has 3 aromatic heterocycles. The minimum absolute atomic E-state index is 0.0178. The molecule has 2 N–H and O–H groups in total. The Kier molecular flexibility index (Phi) is 3.26. The van der Waals surface area contributed by atoms with Gasteiger partial charge in [0, 0.05) is 41.1 Å². The first-order chi connectivity index (χ1) is 12.7. The highest BCUT2D eigenvalue weighted by molar-refractivity contribution is 7.15. The molecule has 0 saturated carbocycles. The monoisotopic (exact) mass is 362 g/mol. The molecule has 1 aliphatic rings. The summed E-state index contributed by atoms with van der Waals surface area (Å²) in [7, 11) is 0. The first-order valence-electron chi connectivity index (χ1n) is 8.12. The van der Waals surface area contributed by atoms with E-state index in [4.69, 9.17) is 0 Å². The van der Waals surface area contributed by atoms with Crippen molar-refractivity contribution < 1.29 is 4.79 Å². The molecule has 0 unspecified atom stereocenters. The summed E-state index contributed by atoms with van der Waals surface area (Å²) in [4.78, 5) is 26.2. The van der Waals surface area contributed by atoms with Crippen molar-refractivity contribution in [3.63, 3.8) is 0 Å². The molecule has 1 aromatic carbocycles. The lowest BCUT2D eigenvalue weighted by Crippen LogP contribution is -2.12. The Labute approximate surface area is 152 Å². The maximum absolute atomic E-state index is 11.8. The molecule has 5 rings (SSSR count). The lowest BCUT2D eigenvalue weighted by atomic mass is 10.0.